The highest BCUT2D eigenvalue weighted by Crippen LogP contribution is 2.20. The highest BCUT2D eigenvalue weighted by atomic mass is 16.6. The molecule has 0 bridgehead atoms. The molecule has 8 nitrogen and oxygen atoms in total. The molecule has 0 atom stereocenters. The van der Waals surface area contributed by atoms with Crippen LogP contribution in [0.15, 0.2) is 72.8 Å². The summed E-state index contributed by atoms with van der Waals surface area (Å²) in [6, 6.07) is 18.6. The van der Waals surface area contributed by atoms with Gasteiger partial charge in [-0.2, -0.15) is 0 Å². The van der Waals surface area contributed by atoms with Gasteiger partial charge in [0.25, 0.3) is 11.6 Å². The summed E-state index contributed by atoms with van der Waals surface area (Å²) in [7, 11) is 1.55. The summed E-state index contributed by atoms with van der Waals surface area (Å²) in [4.78, 5) is 34.7. The van der Waals surface area contributed by atoms with Gasteiger partial charge in [0.1, 0.15) is 11.5 Å². The third kappa shape index (κ3) is 5.20. The van der Waals surface area contributed by atoms with Gasteiger partial charge in [-0.25, -0.2) is 0 Å². The fraction of sp³-hybridized carbons (Fsp3) is 0.0909. The average molecular weight is 406 g/mol. The van der Waals surface area contributed by atoms with Crippen LogP contribution in [0.2, 0.25) is 0 Å². The summed E-state index contributed by atoms with van der Waals surface area (Å²) in [5.74, 6) is 0.455. The van der Waals surface area contributed by atoms with Gasteiger partial charge >= 0.3 is 0 Å². The van der Waals surface area contributed by atoms with Crippen molar-refractivity contribution in [2.45, 2.75) is 0 Å². The third-order valence-corrected chi connectivity index (χ3v) is 4.21. The van der Waals surface area contributed by atoms with Crippen LogP contribution in [0.4, 0.5) is 11.4 Å². The number of rotatable bonds is 8. The molecule has 0 radical (unpaired) electrons. The fourth-order valence-electron chi connectivity index (χ4n) is 2.61. The van der Waals surface area contributed by atoms with E-state index in [0.29, 0.717) is 22.7 Å². The number of carbonyl (C=O) groups is 2. The Morgan fingerprint density at radius 3 is 2.23 bits per heavy atom. The van der Waals surface area contributed by atoms with E-state index in [4.69, 9.17) is 9.47 Å². The Labute approximate surface area is 172 Å². The molecular weight excluding hydrogens is 388 g/mol. The van der Waals surface area contributed by atoms with Gasteiger partial charge in [-0.05, 0) is 48.5 Å². The summed E-state index contributed by atoms with van der Waals surface area (Å²) >= 11 is 0. The third-order valence-electron chi connectivity index (χ3n) is 4.21. The number of Topliss-reactive ketones (excluding diaryl/α,β-unsaturated/α-hetero) is 1. The summed E-state index contributed by atoms with van der Waals surface area (Å²) in [6.45, 7) is -0.161. The molecule has 0 saturated carbocycles. The van der Waals surface area contributed by atoms with Crippen molar-refractivity contribution in [3.05, 3.63) is 94.0 Å². The van der Waals surface area contributed by atoms with Gasteiger partial charge in [0.2, 0.25) is 0 Å². The molecule has 0 saturated heterocycles. The van der Waals surface area contributed by atoms with Crippen molar-refractivity contribution in [3.63, 3.8) is 0 Å². The van der Waals surface area contributed by atoms with Crippen LogP contribution in [-0.2, 0) is 0 Å². The van der Waals surface area contributed by atoms with Crippen LogP contribution in [0.3, 0.4) is 0 Å². The van der Waals surface area contributed by atoms with E-state index >= 15 is 0 Å². The number of methoxy groups -OCH3 is 1. The van der Waals surface area contributed by atoms with E-state index in [0.717, 1.165) is 0 Å². The second-order valence-corrected chi connectivity index (χ2v) is 6.23. The highest BCUT2D eigenvalue weighted by Gasteiger charge is 2.11. The van der Waals surface area contributed by atoms with Gasteiger partial charge < -0.3 is 14.8 Å². The molecule has 152 valence electrons. The first-order chi connectivity index (χ1) is 14.5. The van der Waals surface area contributed by atoms with Crippen molar-refractivity contribution in [2.75, 3.05) is 19.0 Å². The largest absolute Gasteiger partial charge is 0.497 e. The molecule has 0 heterocycles. The second-order valence-electron chi connectivity index (χ2n) is 6.23. The molecule has 0 fully saturated rings. The van der Waals surface area contributed by atoms with E-state index in [-0.39, 0.29) is 23.6 Å². The Morgan fingerprint density at radius 2 is 1.60 bits per heavy atom. The van der Waals surface area contributed by atoms with E-state index in [9.17, 15) is 19.7 Å². The number of amides is 1. The number of non-ortho nitro benzene ring substituents is 1. The Bertz CT molecular complexity index is 1060. The van der Waals surface area contributed by atoms with Gasteiger partial charge in [0.15, 0.2) is 12.4 Å². The molecule has 1 N–H and O–H groups in total. The molecule has 3 aromatic carbocycles. The maximum absolute atomic E-state index is 12.3. The van der Waals surface area contributed by atoms with Gasteiger partial charge in [-0.1, -0.05) is 6.07 Å². The van der Waals surface area contributed by atoms with Crippen LogP contribution < -0.4 is 14.8 Å². The van der Waals surface area contributed by atoms with Crippen LogP contribution in [0.5, 0.6) is 11.5 Å². The van der Waals surface area contributed by atoms with Crippen molar-refractivity contribution in [1.29, 1.82) is 0 Å². The quantitative estimate of drug-likeness (QED) is 0.343. The highest BCUT2D eigenvalue weighted by molar-refractivity contribution is 6.04. The van der Waals surface area contributed by atoms with Crippen molar-refractivity contribution >= 4 is 23.1 Å². The van der Waals surface area contributed by atoms with Crippen molar-refractivity contribution in [2.24, 2.45) is 0 Å². The lowest BCUT2D eigenvalue weighted by molar-refractivity contribution is -0.384. The SMILES string of the molecule is COc1ccc(C(=O)COc2cccc(NC(=O)c3ccc([N+](=O)[O-])cc3)c2)cc1. The van der Waals surface area contributed by atoms with E-state index in [2.05, 4.69) is 5.32 Å². The number of hydrogen-bond acceptors (Lipinski definition) is 6. The normalized spacial score (nSPS) is 10.2. The van der Waals surface area contributed by atoms with Gasteiger partial charge in [-0.15, -0.1) is 0 Å². The van der Waals surface area contributed by atoms with Crippen molar-refractivity contribution < 1.29 is 24.0 Å². The van der Waals surface area contributed by atoms with Crippen LogP contribution in [-0.4, -0.2) is 30.3 Å². The molecule has 0 aromatic heterocycles. The molecule has 0 aliphatic rings. The van der Waals surface area contributed by atoms with Gasteiger partial charge in [0.05, 0.1) is 12.0 Å². The Morgan fingerprint density at radius 1 is 0.933 bits per heavy atom. The summed E-state index contributed by atoms with van der Waals surface area (Å²) in [5, 5.41) is 13.4. The number of carbonyl (C=O) groups excluding carboxylic acids is 2. The predicted octanol–water partition coefficient (Wildman–Crippen LogP) is 4.12. The number of nitrogens with zero attached hydrogens (tertiary/aromatic N) is 1. The number of ketones is 1. The zero-order valence-corrected chi connectivity index (χ0v) is 16.0. The molecule has 1 amide bonds. The number of nitrogens with one attached hydrogen (secondary N) is 1. The monoisotopic (exact) mass is 406 g/mol. The summed E-state index contributed by atoms with van der Waals surface area (Å²) in [5.41, 5.74) is 1.15. The lowest BCUT2D eigenvalue weighted by atomic mass is 10.1. The van der Waals surface area contributed by atoms with Gasteiger partial charge in [-0.3, -0.25) is 19.7 Å². The van der Waals surface area contributed by atoms with E-state index in [1.54, 1.807) is 55.6 Å². The molecular formula is C22H18N2O6. The maximum Gasteiger partial charge on any atom is 0.269 e. The average Bonchev–Trinajstić information content (AvgIpc) is 2.77. The minimum atomic E-state index is -0.532. The summed E-state index contributed by atoms with van der Waals surface area (Å²) < 4.78 is 10.6. The van der Waals surface area contributed by atoms with E-state index < -0.39 is 10.8 Å². The second kappa shape index (κ2) is 9.33. The number of ether oxygens (including phenoxy) is 2. The van der Waals surface area contributed by atoms with Crippen LogP contribution in [0.1, 0.15) is 20.7 Å². The van der Waals surface area contributed by atoms with Crippen molar-refractivity contribution in [3.8, 4) is 11.5 Å². The van der Waals surface area contributed by atoms with Crippen molar-refractivity contribution in [1.82, 2.24) is 0 Å². The first-order valence-electron chi connectivity index (χ1n) is 8.92. The molecule has 3 aromatic rings. The first-order valence-corrected chi connectivity index (χ1v) is 8.92. The molecule has 30 heavy (non-hydrogen) atoms. The zero-order chi connectivity index (χ0) is 21.5. The lowest BCUT2D eigenvalue weighted by Gasteiger charge is -2.09. The molecule has 8 heteroatoms. The smallest absolute Gasteiger partial charge is 0.269 e. The number of nitro benzene ring substituents is 1. The van der Waals surface area contributed by atoms with Crippen LogP contribution in [0.25, 0.3) is 0 Å². The van der Waals surface area contributed by atoms with E-state index in [1.165, 1.54) is 24.3 Å². The summed E-state index contributed by atoms with van der Waals surface area (Å²) in [6.07, 6.45) is 0. The minimum absolute atomic E-state index is 0.0940. The number of hydrogen-bond donors (Lipinski definition) is 1. The standard InChI is InChI=1S/C22H18N2O6/c1-29-19-11-7-15(8-12-19)21(25)14-30-20-4-2-3-17(13-20)23-22(26)16-5-9-18(10-6-16)24(27)28/h2-13H,14H2,1H3,(H,23,26). The first kappa shape index (κ1) is 20.5. The number of anilines is 1. The molecule has 0 aliphatic heterocycles. The number of nitro groups is 1. The minimum Gasteiger partial charge on any atom is -0.497 e. The lowest BCUT2D eigenvalue weighted by Crippen LogP contribution is -2.13. The Hall–Kier alpha value is -4.20. The zero-order valence-electron chi connectivity index (χ0n) is 16.0. The van der Waals surface area contributed by atoms with E-state index in [1.807, 2.05) is 0 Å². The van der Waals surface area contributed by atoms with Gasteiger partial charge in [0, 0.05) is 35.0 Å². The molecule has 0 aliphatic carbocycles. The predicted molar refractivity (Wildman–Crippen MR) is 110 cm³/mol. The maximum atomic E-state index is 12.3. The molecule has 0 spiro atoms. The Balaban J connectivity index is 1.60. The van der Waals surface area contributed by atoms with Crippen LogP contribution in [0, 0.1) is 10.1 Å². The number of benzene rings is 3. The fourth-order valence-corrected chi connectivity index (χ4v) is 2.61. The topological polar surface area (TPSA) is 108 Å². The molecule has 3 rings (SSSR count). The molecule has 0 unspecified atom stereocenters. The van der Waals surface area contributed by atoms with Crippen LogP contribution >= 0.6 is 0 Å². The Kier molecular flexibility index (Phi) is 6.39.